The highest BCUT2D eigenvalue weighted by atomic mass is 16.4. The van der Waals surface area contributed by atoms with Crippen molar-refractivity contribution in [1.82, 2.24) is 4.68 Å². The van der Waals surface area contributed by atoms with Crippen molar-refractivity contribution in [3.63, 3.8) is 0 Å². The molecule has 9 heavy (non-hydrogen) atoms. The van der Waals surface area contributed by atoms with Gasteiger partial charge >= 0.3 is 5.76 Å². The summed E-state index contributed by atoms with van der Waals surface area (Å²) in [7, 11) is 0. The number of nitrogen functional groups attached to an aromatic ring is 1. The van der Waals surface area contributed by atoms with Crippen molar-refractivity contribution in [3.8, 4) is 0 Å². The van der Waals surface area contributed by atoms with Crippen LogP contribution >= 0.6 is 0 Å². The van der Waals surface area contributed by atoms with Gasteiger partial charge in [-0.3, -0.25) is 4.79 Å². The Labute approximate surface area is 49.3 Å². The molecule has 0 aliphatic rings. The van der Waals surface area contributed by atoms with Crippen molar-refractivity contribution in [2.75, 3.05) is 5.84 Å². The number of hydrogen-bond acceptors (Lipinski definition) is 4. The summed E-state index contributed by atoms with van der Waals surface area (Å²) in [4.78, 5) is 20.7. The molecule has 0 aliphatic carbocycles. The molecule has 1 heterocycles. The van der Waals surface area contributed by atoms with Crippen molar-refractivity contribution < 1.29 is 4.42 Å². The van der Waals surface area contributed by atoms with E-state index in [1.807, 2.05) is 0 Å². The molecular weight excluding hydrogens is 124 g/mol. The normalized spacial score (nSPS) is 9.33. The molecule has 0 radical (unpaired) electrons. The topological polar surface area (TPSA) is 78.2 Å². The minimum Gasteiger partial charge on any atom is -0.416 e. The molecule has 1 aromatic rings. The molecule has 0 aliphatic heterocycles. The van der Waals surface area contributed by atoms with Crippen LogP contribution in [0.5, 0.6) is 0 Å². The Morgan fingerprint density at radius 3 is 2.67 bits per heavy atom. The summed E-state index contributed by atoms with van der Waals surface area (Å²) in [6.07, 6.45) is 0.994. The lowest BCUT2D eigenvalue weighted by atomic mass is 10.7. The molecule has 0 amide bonds. The van der Waals surface area contributed by atoms with E-state index in [0.717, 1.165) is 12.3 Å². The summed E-state index contributed by atoms with van der Waals surface area (Å²) in [6.45, 7) is 0. The fourth-order valence-corrected chi connectivity index (χ4v) is 0.377. The molecule has 0 fully saturated rings. The van der Waals surface area contributed by atoms with Gasteiger partial charge in [0.2, 0.25) is 0 Å². The summed E-state index contributed by atoms with van der Waals surface area (Å²) in [6, 6.07) is 1.06. The minimum atomic E-state index is -0.859. The Morgan fingerprint density at radius 1 is 1.56 bits per heavy atom. The van der Waals surface area contributed by atoms with Gasteiger partial charge in [-0.2, -0.15) is 4.68 Å². The second-order valence-corrected chi connectivity index (χ2v) is 1.39. The third-order valence-electron chi connectivity index (χ3n) is 0.814. The van der Waals surface area contributed by atoms with Gasteiger partial charge in [-0.1, -0.05) is 0 Å². The van der Waals surface area contributed by atoms with Crippen molar-refractivity contribution >= 4 is 0 Å². The Balaban J connectivity index is 3.62. The lowest BCUT2D eigenvalue weighted by molar-refractivity contribution is 0.451. The van der Waals surface area contributed by atoms with Gasteiger partial charge in [-0.05, 0) is 0 Å². The first-order valence-electron chi connectivity index (χ1n) is 2.18. The standard InChI is InChI=1S/C4H4N2O3/c5-6-3(7)1-2-9-4(6)8/h1-2H,5H2. The zero-order chi connectivity index (χ0) is 6.85. The smallest absolute Gasteiger partial charge is 0.416 e. The minimum absolute atomic E-state index is 0.389. The van der Waals surface area contributed by atoms with Crippen molar-refractivity contribution in [3.05, 3.63) is 33.2 Å². The number of aromatic nitrogens is 1. The largest absolute Gasteiger partial charge is 0.440 e. The maximum atomic E-state index is 10.4. The van der Waals surface area contributed by atoms with Crippen molar-refractivity contribution in [1.29, 1.82) is 0 Å². The fraction of sp³-hybridized carbons (Fsp3) is 0. The van der Waals surface area contributed by atoms with Gasteiger partial charge in [-0.15, -0.1) is 0 Å². The average molecular weight is 128 g/mol. The van der Waals surface area contributed by atoms with E-state index in [1.54, 1.807) is 0 Å². The number of nitrogens with two attached hydrogens (primary N) is 1. The summed E-state index contributed by atoms with van der Waals surface area (Å²) in [5, 5.41) is 0. The lowest BCUT2D eigenvalue weighted by Crippen LogP contribution is -2.37. The SMILES string of the molecule is Nn1c(=O)ccoc1=O. The van der Waals surface area contributed by atoms with E-state index >= 15 is 0 Å². The monoisotopic (exact) mass is 128 g/mol. The van der Waals surface area contributed by atoms with Crippen LogP contribution in [0.4, 0.5) is 0 Å². The highest BCUT2D eigenvalue weighted by Gasteiger charge is 1.92. The molecule has 0 saturated carbocycles. The summed E-state index contributed by atoms with van der Waals surface area (Å²) in [5.41, 5.74) is -0.578. The van der Waals surface area contributed by atoms with E-state index in [0.29, 0.717) is 4.68 Å². The molecule has 0 atom stereocenters. The van der Waals surface area contributed by atoms with Crippen molar-refractivity contribution in [2.24, 2.45) is 0 Å². The molecule has 2 N–H and O–H groups in total. The number of rotatable bonds is 0. The van der Waals surface area contributed by atoms with Crippen LogP contribution in [0.25, 0.3) is 0 Å². The molecule has 1 rings (SSSR count). The fourth-order valence-electron chi connectivity index (χ4n) is 0.377. The predicted molar refractivity (Wildman–Crippen MR) is 29.4 cm³/mol. The number of hydrogen-bond donors (Lipinski definition) is 1. The first-order valence-corrected chi connectivity index (χ1v) is 2.18. The van der Waals surface area contributed by atoms with Gasteiger partial charge in [0.25, 0.3) is 5.56 Å². The second-order valence-electron chi connectivity index (χ2n) is 1.39. The molecule has 0 saturated heterocycles. The first kappa shape index (κ1) is 5.61. The molecule has 48 valence electrons. The number of nitrogens with zero attached hydrogens (tertiary/aromatic N) is 1. The summed E-state index contributed by atoms with van der Waals surface area (Å²) < 4.78 is 4.61. The van der Waals surface area contributed by atoms with E-state index in [2.05, 4.69) is 4.42 Å². The zero-order valence-corrected chi connectivity index (χ0v) is 4.40. The Bertz CT molecular complexity index is 282. The Kier molecular flexibility index (Phi) is 1.11. The van der Waals surface area contributed by atoms with Gasteiger partial charge in [0.15, 0.2) is 0 Å². The van der Waals surface area contributed by atoms with E-state index in [9.17, 15) is 9.59 Å². The van der Waals surface area contributed by atoms with E-state index in [1.165, 1.54) is 0 Å². The van der Waals surface area contributed by atoms with Gasteiger partial charge < -0.3 is 10.3 Å². The maximum Gasteiger partial charge on any atom is 0.440 e. The van der Waals surface area contributed by atoms with Crippen LogP contribution in [0.3, 0.4) is 0 Å². The van der Waals surface area contributed by atoms with Crippen LogP contribution in [-0.4, -0.2) is 4.68 Å². The van der Waals surface area contributed by atoms with Gasteiger partial charge in [-0.25, -0.2) is 4.79 Å². The maximum absolute atomic E-state index is 10.4. The van der Waals surface area contributed by atoms with Crippen LogP contribution in [0.2, 0.25) is 0 Å². The third kappa shape index (κ3) is 0.835. The molecule has 5 heteroatoms. The molecular formula is C4H4N2O3. The predicted octanol–water partition coefficient (Wildman–Crippen LogP) is -1.48. The Morgan fingerprint density at radius 2 is 2.22 bits per heavy atom. The molecule has 0 unspecified atom stereocenters. The van der Waals surface area contributed by atoms with Crippen LogP contribution in [0.15, 0.2) is 26.3 Å². The van der Waals surface area contributed by atoms with Crippen LogP contribution in [0.1, 0.15) is 0 Å². The molecule has 1 aromatic heterocycles. The summed E-state index contributed by atoms with van der Waals surface area (Å²) >= 11 is 0. The van der Waals surface area contributed by atoms with E-state index in [-0.39, 0.29) is 0 Å². The van der Waals surface area contributed by atoms with Crippen molar-refractivity contribution in [2.45, 2.75) is 0 Å². The molecule has 5 nitrogen and oxygen atoms in total. The second kappa shape index (κ2) is 1.77. The first-order chi connectivity index (χ1) is 4.22. The Hall–Kier alpha value is -1.52. The highest BCUT2D eigenvalue weighted by molar-refractivity contribution is 4.77. The lowest BCUT2D eigenvalue weighted by Gasteiger charge is -1.87. The van der Waals surface area contributed by atoms with Gasteiger partial charge in [0.1, 0.15) is 6.26 Å². The van der Waals surface area contributed by atoms with Gasteiger partial charge in [0.05, 0.1) is 0 Å². The zero-order valence-electron chi connectivity index (χ0n) is 4.40. The van der Waals surface area contributed by atoms with Gasteiger partial charge in [0, 0.05) is 6.07 Å². The van der Waals surface area contributed by atoms with E-state index in [4.69, 9.17) is 5.84 Å². The summed E-state index contributed by atoms with van der Waals surface area (Å²) in [5.74, 6) is 4.02. The quantitative estimate of drug-likeness (QED) is 0.432. The van der Waals surface area contributed by atoms with Crippen LogP contribution in [-0.2, 0) is 0 Å². The van der Waals surface area contributed by atoms with Crippen LogP contribution < -0.4 is 17.2 Å². The highest BCUT2D eigenvalue weighted by Crippen LogP contribution is 1.62. The van der Waals surface area contributed by atoms with Crippen LogP contribution in [0, 0.1) is 0 Å². The third-order valence-corrected chi connectivity index (χ3v) is 0.814. The van der Waals surface area contributed by atoms with E-state index < -0.39 is 11.3 Å². The average Bonchev–Trinajstić information content (AvgIpc) is 1.83. The molecule has 0 aromatic carbocycles. The molecule has 0 bridgehead atoms. The molecule has 0 spiro atoms.